The highest BCUT2D eigenvalue weighted by atomic mass is 16.2. The summed E-state index contributed by atoms with van der Waals surface area (Å²) in [6.07, 6.45) is 3.92. The number of carbonyl (C=O) groups is 1. The van der Waals surface area contributed by atoms with Crippen molar-refractivity contribution in [3.05, 3.63) is 59.4 Å². The Bertz CT molecular complexity index is 665. The molecule has 1 saturated carbocycles. The van der Waals surface area contributed by atoms with Crippen molar-refractivity contribution < 1.29 is 4.79 Å². The van der Waals surface area contributed by atoms with Gasteiger partial charge in [0, 0.05) is 17.9 Å². The molecule has 0 saturated heterocycles. The van der Waals surface area contributed by atoms with Gasteiger partial charge in [0.2, 0.25) is 0 Å². The highest BCUT2D eigenvalue weighted by molar-refractivity contribution is 5.90. The number of carbonyl (C=O) groups excluding carboxylic acids is 1. The van der Waals surface area contributed by atoms with E-state index in [0.717, 1.165) is 29.8 Å². The zero-order valence-corrected chi connectivity index (χ0v) is 13.0. The molecule has 114 valence electrons. The number of hydrogen-bond acceptors (Lipinski definition) is 2. The van der Waals surface area contributed by atoms with Gasteiger partial charge in [-0.05, 0) is 50.5 Å². The Balaban J connectivity index is 1.73. The molecule has 2 amide bonds. The molecule has 0 atom stereocenters. The number of nitrogens with zero attached hydrogens (tertiary/aromatic N) is 2. The maximum atomic E-state index is 12.6. The summed E-state index contributed by atoms with van der Waals surface area (Å²) in [5.74, 6) is 0. The summed E-state index contributed by atoms with van der Waals surface area (Å²) in [5, 5.41) is 3.04. The number of pyridine rings is 1. The van der Waals surface area contributed by atoms with Crippen molar-refractivity contribution in [2.75, 3.05) is 5.32 Å². The van der Waals surface area contributed by atoms with E-state index in [9.17, 15) is 4.79 Å². The third kappa shape index (κ3) is 3.45. The van der Waals surface area contributed by atoms with Gasteiger partial charge in [-0.25, -0.2) is 4.79 Å². The van der Waals surface area contributed by atoms with Crippen molar-refractivity contribution in [1.82, 2.24) is 9.88 Å². The number of aromatic nitrogens is 1. The molecule has 1 N–H and O–H groups in total. The molecule has 4 heteroatoms. The van der Waals surface area contributed by atoms with Gasteiger partial charge in [0.25, 0.3) is 0 Å². The van der Waals surface area contributed by atoms with Crippen LogP contribution in [0.5, 0.6) is 0 Å². The zero-order valence-electron chi connectivity index (χ0n) is 13.0. The van der Waals surface area contributed by atoms with Crippen LogP contribution in [0.15, 0.2) is 42.6 Å². The Morgan fingerprint density at radius 3 is 2.73 bits per heavy atom. The maximum absolute atomic E-state index is 12.6. The van der Waals surface area contributed by atoms with E-state index in [4.69, 9.17) is 0 Å². The van der Waals surface area contributed by atoms with Crippen molar-refractivity contribution >= 4 is 11.7 Å². The first-order valence-corrected chi connectivity index (χ1v) is 7.68. The van der Waals surface area contributed by atoms with E-state index in [-0.39, 0.29) is 6.03 Å². The molecule has 0 radical (unpaired) electrons. The molecule has 1 aromatic heterocycles. The smallest absolute Gasteiger partial charge is 0.316 e. The summed E-state index contributed by atoms with van der Waals surface area (Å²) in [5.41, 5.74) is 4.08. The first kappa shape index (κ1) is 14.6. The third-order valence-electron chi connectivity index (χ3n) is 3.93. The van der Waals surface area contributed by atoms with Crippen LogP contribution in [-0.4, -0.2) is 22.0 Å². The molecule has 1 fully saturated rings. The first-order valence-electron chi connectivity index (χ1n) is 7.68. The van der Waals surface area contributed by atoms with Crippen LogP contribution in [0.2, 0.25) is 0 Å². The summed E-state index contributed by atoms with van der Waals surface area (Å²) < 4.78 is 0. The number of benzene rings is 1. The number of anilines is 1. The van der Waals surface area contributed by atoms with Gasteiger partial charge in [-0.3, -0.25) is 4.98 Å². The Hall–Kier alpha value is -2.36. The van der Waals surface area contributed by atoms with Crippen LogP contribution in [0.25, 0.3) is 0 Å². The Kier molecular flexibility index (Phi) is 4.09. The van der Waals surface area contributed by atoms with Gasteiger partial charge in [0.05, 0.1) is 12.2 Å². The second-order valence-electron chi connectivity index (χ2n) is 5.93. The molecule has 22 heavy (non-hydrogen) atoms. The Labute approximate surface area is 131 Å². The second kappa shape index (κ2) is 6.18. The van der Waals surface area contributed by atoms with Crippen LogP contribution in [0.4, 0.5) is 10.5 Å². The minimum Gasteiger partial charge on any atom is -0.316 e. The minimum atomic E-state index is -0.0416. The van der Waals surface area contributed by atoms with Gasteiger partial charge in [-0.1, -0.05) is 23.8 Å². The summed E-state index contributed by atoms with van der Waals surface area (Å²) in [6.45, 7) is 4.63. The molecular weight excluding hydrogens is 274 g/mol. The van der Waals surface area contributed by atoms with Crippen molar-refractivity contribution in [2.45, 2.75) is 39.3 Å². The molecular formula is C18H21N3O. The quantitative estimate of drug-likeness (QED) is 0.930. The molecule has 0 bridgehead atoms. The largest absolute Gasteiger partial charge is 0.322 e. The average Bonchev–Trinajstić information content (AvgIpc) is 3.33. The zero-order chi connectivity index (χ0) is 15.5. The monoisotopic (exact) mass is 295 g/mol. The molecule has 1 heterocycles. The van der Waals surface area contributed by atoms with Crippen molar-refractivity contribution in [3.63, 3.8) is 0 Å². The lowest BCUT2D eigenvalue weighted by Crippen LogP contribution is -2.36. The lowest BCUT2D eigenvalue weighted by atomic mass is 10.1. The number of rotatable bonds is 4. The van der Waals surface area contributed by atoms with E-state index in [2.05, 4.69) is 23.3 Å². The fraction of sp³-hybridized carbons (Fsp3) is 0.333. The standard InChI is InChI=1S/C18H21N3O/c1-13-6-9-17(14(2)11-13)20-18(22)21(16-7-8-16)12-15-5-3-4-10-19-15/h3-6,9-11,16H,7-8,12H2,1-2H3,(H,20,22). The number of amides is 2. The normalized spacial score (nSPS) is 13.7. The van der Waals surface area contributed by atoms with E-state index in [1.54, 1.807) is 6.20 Å². The summed E-state index contributed by atoms with van der Waals surface area (Å²) in [4.78, 5) is 18.8. The molecule has 0 unspecified atom stereocenters. The van der Waals surface area contributed by atoms with E-state index < -0.39 is 0 Å². The molecule has 1 aliphatic rings. The van der Waals surface area contributed by atoms with Gasteiger partial charge in [0.15, 0.2) is 0 Å². The van der Waals surface area contributed by atoms with Crippen LogP contribution in [0, 0.1) is 13.8 Å². The number of nitrogens with one attached hydrogen (secondary N) is 1. The fourth-order valence-corrected chi connectivity index (χ4v) is 2.56. The highest BCUT2D eigenvalue weighted by Gasteiger charge is 2.33. The molecule has 2 aromatic rings. The molecule has 1 aliphatic carbocycles. The topological polar surface area (TPSA) is 45.2 Å². The van der Waals surface area contributed by atoms with Gasteiger partial charge in [-0.2, -0.15) is 0 Å². The lowest BCUT2D eigenvalue weighted by molar-refractivity contribution is 0.205. The van der Waals surface area contributed by atoms with E-state index in [0.29, 0.717) is 12.6 Å². The molecule has 1 aromatic carbocycles. The fourth-order valence-electron chi connectivity index (χ4n) is 2.56. The minimum absolute atomic E-state index is 0.0416. The van der Waals surface area contributed by atoms with Crippen LogP contribution in [0.1, 0.15) is 29.7 Å². The SMILES string of the molecule is Cc1ccc(NC(=O)N(Cc2ccccn2)C2CC2)c(C)c1. The maximum Gasteiger partial charge on any atom is 0.322 e. The lowest BCUT2D eigenvalue weighted by Gasteiger charge is -2.23. The van der Waals surface area contributed by atoms with Crippen LogP contribution >= 0.6 is 0 Å². The van der Waals surface area contributed by atoms with Crippen LogP contribution < -0.4 is 5.32 Å². The summed E-state index contributed by atoms with van der Waals surface area (Å²) in [6, 6.07) is 12.2. The number of aryl methyl sites for hydroxylation is 2. The predicted octanol–water partition coefficient (Wildman–Crippen LogP) is 3.89. The highest BCUT2D eigenvalue weighted by Crippen LogP contribution is 2.29. The molecule has 3 rings (SSSR count). The van der Waals surface area contributed by atoms with Gasteiger partial charge in [-0.15, -0.1) is 0 Å². The van der Waals surface area contributed by atoms with E-state index in [1.165, 1.54) is 5.56 Å². The van der Waals surface area contributed by atoms with Gasteiger partial charge in [0.1, 0.15) is 0 Å². The molecule has 4 nitrogen and oxygen atoms in total. The van der Waals surface area contributed by atoms with Crippen molar-refractivity contribution in [1.29, 1.82) is 0 Å². The van der Waals surface area contributed by atoms with Crippen LogP contribution in [-0.2, 0) is 6.54 Å². The van der Waals surface area contributed by atoms with Gasteiger partial charge < -0.3 is 10.2 Å². The van der Waals surface area contributed by atoms with Crippen molar-refractivity contribution in [2.24, 2.45) is 0 Å². The molecule has 0 aliphatic heterocycles. The van der Waals surface area contributed by atoms with Crippen LogP contribution in [0.3, 0.4) is 0 Å². The Morgan fingerprint density at radius 1 is 1.27 bits per heavy atom. The van der Waals surface area contributed by atoms with E-state index in [1.807, 2.05) is 42.2 Å². The Morgan fingerprint density at radius 2 is 2.09 bits per heavy atom. The van der Waals surface area contributed by atoms with E-state index >= 15 is 0 Å². The second-order valence-corrected chi connectivity index (χ2v) is 5.93. The predicted molar refractivity (Wildman–Crippen MR) is 87.7 cm³/mol. The number of urea groups is 1. The first-order chi connectivity index (χ1) is 10.6. The third-order valence-corrected chi connectivity index (χ3v) is 3.93. The van der Waals surface area contributed by atoms with Gasteiger partial charge >= 0.3 is 6.03 Å². The molecule has 0 spiro atoms. The van der Waals surface area contributed by atoms with Crippen molar-refractivity contribution in [3.8, 4) is 0 Å². The average molecular weight is 295 g/mol. The summed E-state index contributed by atoms with van der Waals surface area (Å²) in [7, 11) is 0. The number of hydrogen-bond donors (Lipinski definition) is 1. The summed E-state index contributed by atoms with van der Waals surface area (Å²) >= 11 is 0.